The van der Waals surface area contributed by atoms with Gasteiger partial charge in [-0.1, -0.05) is 66.7 Å². The molecule has 0 N–H and O–H groups in total. The van der Waals surface area contributed by atoms with Crippen LogP contribution in [0.1, 0.15) is 43.0 Å². The maximum Gasteiger partial charge on any atom is 0.273 e. The normalized spacial score (nSPS) is 20.8. The number of hydrogen-bond acceptors (Lipinski definition) is 1. The molecule has 0 saturated carbocycles. The SMILES string of the molecule is C[N+]1=C(C2=CCCCC2)C(c2ccccc2)=NC1c1ccccc1. The van der Waals surface area contributed by atoms with E-state index in [-0.39, 0.29) is 6.17 Å². The van der Waals surface area contributed by atoms with Gasteiger partial charge in [-0.3, -0.25) is 0 Å². The van der Waals surface area contributed by atoms with Crippen LogP contribution in [0.25, 0.3) is 0 Å². The molecule has 1 aliphatic carbocycles. The van der Waals surface area contributed by atoms with Crippen LogP contribution in [-0.4, -0.2) is 23.0 Å². The highest BCUT2D eigenvalue weighted by Crippen LogP contribution is 2.30. The molecule has 24 heavy (non-hydrogen) atoms. The molecular formula is C22H23N2+. The van der Waals surface area contributed by atoms with Crippen LogP contribution in [0.15, 0.2) is 77.3 Å². The molecule has 0 fully saturated rings. The summed E-state index contributed by atoms with van der Waals surface area (Å²) >= 11 is 0. The molecule has 2 aromatic carbocycles. The van der Waals surface area contributed by atoms with Crippen molar-refractivity contribution >= 4 is 11.4 Å². The van der Waals surface area contributed by atoms with Crippen molar-refractivity contribution in [1.82, 2.24) is 0 Å². The predicted molar refractivity (Wildman–Crippen MR) is 99.9 cm³/mol. The number of rotatable bonds is 3. The highest BCUT2D eigenvalue weighted by Gasteiger charge is 2.36. The molecule has 0 aromatic heterocycles. The van der Waals surface area contributed by atoms with Gasteiger partial charge in [-0.05, 0) is 25.7 Å². The number of allylic oxidation sites excluding steroid dienone is 2. The van der Waals surface area contributed by atoms with Crippen molar-refractivity contribution in [3.63, 3.8) is 0 Å². The molecule has 4 rings (SSSR count). The Morgan fingerprint density at radius 2 is 1.62 bits per heavy atom. The Morgan fingerprint density at radius 1 is 0.917 bits per heavy atom. The lowest BCUT2D eigenvalue weighted by Crippen LogP contribution is -2.24. The smallest absolute Gasteiger partial charge is 0.206 e. The highest BCUT2D eigenvalue weighted by molar-refractivity contribution is 6.52. The standard InChI is InChI=1S/C22H23N2/c1-24-21(18-13-7-3-8-14-18)20(17-11-5-2-6-12-17)23-22(24)19-15-9-4-10-16-19/h2,4-6,9-13,15-16,22H,3,7-8,14H2,1H3/q+1. The van der Waals surface area contributed by atoms with Gasteiger partial charge < -0.3 is 0 Å². The predicted octanol–water partition coefficient (Wildman–Crippen LogP) is 4.77. The zero-order valence-electron chi connectivity index (χ0n) is 14.2. The first-order valence-corrected chi connectivity index (χ1v) is 8.82. The molecular weight excluding hydrogens is 292 g/mol. The molecule has 120 valence electrons. The molecule has 1 atom stereocenters. The van der Waals surface area contributed by atoms with E-state index in [1.54, 1.807) is 0 Å². The third-order valence-electron chi connectivity index (χ3n) is 4.94. The second-order valence-corrected chi connectivity index (χ2v) is 6.56. The van der Waals surface area contributed by atoms with Crippen molar-refractivity contribution in [1.29, 1.82) is 0 Å². The maximum absolute atomic E-state index is 5.13. The van der Waals surface area contributed by atoms with Gasteiger partial charge in [0, 0.05) is 16.7 Å². The van der Waals surface area contributed by atoms with Crippen molar-refractivity contribution in [3.8, 4) is 0 Å². The summed E-state index contributed by atoms with van der Waals surface area (Å²) in [7, 11) is 2.18. The Kier molecular flexibility index (Phi) is 4.12. The third-order valence-corrected chi connectivity index (χ3v) is 4.94. The molecule has 1 aliphatic heterocycles. The molecule has 0 spiro atoms. The average Bonchev–Trinajstić information content (AvgIpc) is 3.01. The van der Waals surface area contributed by atoms with Crippen LogP contribution in [0.5, 0.6) is 0 Å². The Balaban J connectivity index is 1.84. The average molecular weight is 315 g/mol. The zero-order valence-corrected chi connectivity index (χ0v) is 14.2. The maximum atomic E-state index is 5.13. The first-order valence-electron chi connectivity index (χ1n) is 8.82. The lowest BCUT2D eigenvalue weighted by molar-refractivity contribution is -0.537. The van der Waals surface area contributed by atoms with Gasteiger partial charge >= 0.3 is 0 Å². The van der Waals surface area contributed by atoms with Crippen LogP contribution in [0.3, 0.4) is 0 Å². The topological polar surface area (TPSA) is 15.4 Å². The van der Waals surface area contributed by atoms with E-state index < -0.39 is 0 Å². The van der Waals surface area contributed by atoms with Crippen LogP contribution >= 0.6 is 0 Å². The first-order chi connectivity index (χ1) is 11.8. The molecule has 0 saturated heterocycles. The molecule has 1 unspecified atom stereocenters. The van der Waals surface area contributed by atoms with E-state index in [0.29, 0.717) is 0 Å². The minimum absolute atomic E-state index is 0.0687. The van der Waals surface area contributed by atoms with Gasteiger partial charge in [0.2, 0.25) is 5.71 Å². The molecule has 2 aromatic rings. The summed E-state index contributed by atoms with van der Waals surface area (Å²) < 4.78 is 2.36. The number of nitrogens with zero attached hydrogens (tertiary/aromatic N) is 2. The summed E-state index contributed by atoms with van der Waals surface area (Å²) in [6, 6.07) is 21.2. The quantitative estimate of drug-likeness (QED) is 0.725. The van der Waals surface area contributed by atoms with E-state index in [1.165, 1.54) is 41.7 Å². The van der Waals surface area contributed by atoms with E-state index in [2.05, 4.69) is 78.4 Å². The monoisotopic (exact) mass is 315 g/mol. The van der Waals surface area contributed by atoms with Gasteiger partial charge in [-0.15, -0.1) is 0 Å². The van der Waals surface area contributed by atoms with Crippen LogP contribution in [-0.2, 0) is 0 Å². The second kappa shape index (κ2) is 6.56. The Hall–Kier alpha value is -2.48. The largest absolute Gasteiger partial charge is 0.273 e. The summed E-state index contributed by atoms with van der Waals surface area (Å²) in [5.74, 6) is 0. The van der Waals surface area contributed by atoms with Crippen molar-refractivity contribution in [2.75, 3.05) is 7.05 Å². The third kappa shape index (κ3) is 2.73. The molecule has 2 nitrogen and oxygen atoms in total. The van der Waals surface area contributed by atoms with E-state index in [0.717, 1.165) is 12.1 Å². The lowest BCUT2D eigenvalue weighted by Gasteiger charge is -2.12. The zero-order chi connectivity index (χ0) is 16.4. The van der Waals surface area contributed by atoms with Gasteiger partial charge in [0.25, 0.3) is 6.17 Å². The summed E-state index contributed by atoms with van der Waals surface area (Å²) in [5, 5.41) is 0. The number of benzene rings is 2. The van der Waals surface area contributed by atoms with Crippen LogP contribution < -0.4 is 0 Å². The van der Waals surface area contributed by atoms with E-state index in [9.17, 15) is 0 Å². The fourth-order valence-corrected chi connectivity index (χ4v) is 3.72. The first kappa shape index (κ1) is 15.1. The molecule has 1 heterocycles. The van der Waals surface area contributed by atoms with E-state index >= 15 is 0 Å². The van der Waals surface area contributed by atoms with Gasteiger partial charge in [-0.25, -0.2) is 9.57 Å². The van der Waals surface area contributed by atoms with Crippen molar-refractivity contribution in [3.05, 3.63) is 83.4 Å². The Morgan fingerprint density at radius 3 is 2.29 bits per heavy atom. The molecule has 0 amide bonds. The Labute approximate surface area is 143 Å². The van der Waals surface area contributed by atoms with Gasteiger partial charge in [0.1, 0.15) is 12.8 Å². The minimum Gasteiger partial charge on any atom is -0.206 e. The van der Waals surface area contributed by atoms with Crippen molar-refractivity contribution in [2.45, 2.75) is 31.8 Å². The summed E-state index contributed by atoms with van der Waals surface area (Å²) in [6.45, 7) is 0. The molecule has 0 radical (unpaired) electrons. The Bertz CT molecular complexity index is 814. The molecule has 2 heteroatoms. The van der Waals surface area contributed by atoms with Gasteiger partial charge in [0.05, 0.1) is 0 Å². The van der Waals surface area contributed by atoms with Crippen molar-refractivity contribution < 1.29 is 4.58 Å². The summed E-state index contributed by atoms with van der Waals surface area (Å²) in [6.07, 6.45) is 7.42. The summed E-state index contributed by atoms with van der Waals surface area (Å²) in [4.78, 5) is 5.13. The minimum atomic E-state index is 0.0687. The fourth-order valence-electron chi connectivity index (χ4n) is 3.72. The van der Waals surface area contributed by atoms with Crippen molar-refractivity contribution in [2.24, 2.45) is 4.99 Å². The summed E-state index contributed by atoms with van der Waals surface area (Å²) in [5.41, 5.74) is 6.38. The van der Waals surface area contributed by atoms with Crippen LogP contribution in [0.2, 0.25) is 0 Å². The number of aliphatic imine (C=N–C) groups is 1. The van der Waals surface area contributed by atoms with E-state index in [1.807, 2.05) is 0 Å². The van der Waals surface area contributed by atoms with Crippen LogP contribution in [0.4, 0.5) is 0 Å². The second-order valence-electron chi connectivity index (χ2n) is 6.56. The molecule has 2 aliphatic rings. The van der Waals surface area contributed by atoms with Gasteiger partial charge in [0.15, 0.2) is 0 Å². The van der Waals surface area contributed by atoms with Gasteiger partial charge in [-0.2, -0.15) is 0 Å². The number of hydrogen-bond donors (Lipinski definition) is 0. The fraction of sp³-hybridized carbons (Fsp3) is 0.273. The van der Waals surface area contributed by atoms with E-state index in [4.69, 9.17) is 4.99 Å². The molecule has 0 bridgehead atoms. The highest BCUT2D eigenvalue weighted by atomic mass is 15.2. The van der Waals surface area contributed by atoms with Crippen LogP contribution in [0, 0.1) is 0 Å². The lowest BCUT2D eigenvalue weighted by atomic mass is 9.91.